The van der Waals surface area contributed by atoms with E-state index >= 15 is 0 Å². The van der Waals surface area contributed by atoms with Crippen molar-refractivity contribution in [3.05, 3.63) is 28.0 Å². The van der Waals surface area contributed by atoms with E-state index in [0.717, 1.165) is 38.2 Å². The monoisotopic (exact) mass is 287 g/mol. The molecule has 0 saturated carbocycles. The second-order valence-electron chi connectivity index (χ2n) is 4.70. The van der Waals surface area contributed by atoms with E-state index in [1.54, 1.807) is 6.07 Å². The van der Waals surface area contributed by atoms with Crippen molar-refractivity contribution < 1.29 is 0 Å². The molecule has 1 atom stereocenters. The summed E-state index contributed by atoms with van der Waals surface area (Å²) in [5, 5.41) is 4.38. The Morgan fingerprint density at radius 2 is 2.28 bits per heavy atom. The lowest BCUT2D eigenvalue weighted by molar-refractivity contribution is 0.199. The third-order valence-corrected chi connectivity index (χ3v) is 3.86. The smallest absolute Gasteiger partial charge is 0.135 e. The molecule has 3 nitrogen and oxygen atoms in total. The molecular formula is C13H19Cl2N3. The third kappa shape index (κ3) is 3.58. The molecule has 1 fully saturated rings. The molecule has 1 aromatic heterocycles. The Balaban J connectivity index is 2.07. The fourth-order valence-electron chi connectivity index (χ4n) is 2.41. The van der Waals surface area contributed by atoms with E-state index < -0.39 is 0 Å². The van der Waals surface area contributed by atoms with Gasteiger partial charge in [-0.25, -0.2) is 4.98 Å². The predicted octanol–water partition coefficient (Wildman–Crippen LogP) is 2.96. The van der Waals surface area contributed by atoms with Crippen molar-refractivity contribution in [2.24, 2.45) is 0 Å². The Labute approximate surface area is 118 Å². The predicted molar refractivity (Wildman–Crippen MR) is 76.2 cm³/mol. The average molecular weight is 288 g/mol. The number of hydrogen-bond acceptors (Lipinski definition) is 3. The Hall–Kier alpha value is -0.350. The highest BCUT2D eigenvalue weighted by molar-refractivity contribution is 6.32. The van der Waals surface area contributed by atoms with E-state index in [0.29, 0.717) is 16.3 Å². The van der Waals surface area contributed by atoms with Gasteiger partial charge in [-0.15, -0.1) is 0 Å². The van der Waals surface area contributed by atoms with Crippen LogP contribution in [0.25, 0.3) is 0 Å². The summed E-state index contributed by atoms with van der Waals surface area (Å²) in [7, 11) is 0. The molecule has 0 bridgehead atoms. The van der Waals surface area contributed by atoms with E-state index in [1.165, 1.54) is 6.42 Å². The van der Waals surface area contributed by atoms with Crippen LogP contribution in [0.1, 0.15) is 25.3 Å². The lowest BCUT2D eigenvalue weighted by atomic mass is 10.1. The number of nitrogens with zero attached hydrogens (tertiary/aromatic N) is 2. The van der Waals surface area contributed by atoms with Gasteiger partial charge < -0.3 is 5.32 Å². The van der Waals surface area contributed by atoms with Crippen molar-refractivity contribution in [1.82, 2.24) is 15.2 Å². The maximum atomic E-state index is 6.14. The molecule has 1 saturated heterocycles. The lowest BCUT2D eigenvalue weighted by Gasteiger charge is -2.28. The van der Waals surface area contributed by atoms with Crippen LogP contribution in [-0.2, 0) is 6.54 Å². The third-order valence-electron chi connectivity index (χ3n) is 3.33. The maximum absolute atomic E-state index is 6.14. The van der Waals surface area contributed by atoms with Gasteiger partial charge in [0.15, 0.2) is 0 Å². The van der Waals surface area contributed by atoms with Crippen LogP contribution in [0, 0.1) is 0 Å². The molecule has 100 valence electrons. The zero-order valence-electron chi connectivity index (χ0n) is 10.6. The van der Waals surface area contributed by atoms with Crippen LogP contribution in [-0.4, -0.2) is 35.6 Å². The number of aromatic nitrogens is 1. The molecule has 0 spiro atoms. The molecular weight excluding hydrogens is 269 g/mol. The molecule has 1 N–H and O–H groups in total. The molecule has 2 rings (SSSR count). The zero-order chi connectivity index (χ0) is 13.0. The first-order valence-corrected chi connectivity index (χ1v) is 7.22. The van der Waals surface area contributed by atoms with E-state index in [-0.39, 0.29) is 0 Å². The highest BCUT2D eigenvalue weighted by Crippen LogP contribution is 2.20. The van der Waals surface area contributed by atoms with Crippen molar-refractivity contribution in [1.29, 1.82) is 0 Å². The molecule has 18 heavy (non-hydrogen) atoms. The highest BCUT2D eigenvalue weighted by atomic mass is 35.5. The van der Waals surface area contributed by atoms with E-state index in [2.05, 4.69) is 22.1 Å². The quantitative estimate of drug-likeness (QED) is 0.844. The standard InChI is InChI=1S/C13H19Cl2N3/c1-2-7-18(11-5-6-16-8-11)9-10-3-4-12(14)17-13(10)15/h3-4,11,16H,2,5-9H2,1H3. The zero-order valence-corrected chi connectivity index (χ0v) is 12.1. The summed E-state index contributed by atoms with van der Waals surface area (Å²) < 4.78 is 0. The summed E-state index contributed by atoms with van der Waals surface area (Å²) in [5.74, 6) is 0. The average Bonchev–Trinajstić information content (AvgIpc) is 2.85. The molecule has 0 radical (unpaired) electrons. The molecule has 0 aliphatic carbocycles. The van der Waals surface area contributed by atoms with Gasteiger partial charge in [-0.05, 0) is 32.0 Å². The first kappa shape index (κ1) is 14.1. The summed E-state index contributed by atoms with van der Waals surface area (Å²) in [6.45, 7) is 6.32. The van der Waals surface area contributed by atoms with Gasteiger partial charge in [0, 0.05) is 24.7 Å². The SMILES string of the molecule is CCCN(Cc1ccc(Cl)nc1Cl)C1CCNC1. The number of pyridine rings is 1. The minimum atomic E-state index is 0.452. The second-order valence-corrected chi connectivity index (χ2v) is 5.45. The van der Waals surface area contributed by atoms with Crippen molar-refractivity contribution in [2.45, 2.75) is 32.4 Å². The van der Waals surface area contributed by atoms with Crippen molar-refractivity contribution >= 4 is 23.2 Å². The van der Waals surface area contributed by atoms with Crippen LogP contribution in [0.5, 0.6) is 0 Å². The van der Waals surface area contributed by atoms with Gasteiger partial charge in [-0.1, -0.05) is 36.2 Å². The number of rotatable bonds is 5. The second kappa shape index (κ2) is 6.71. The van der Waals surface area contributed by atoms with Gasteiger partial charge in [-0.2, -0.15) is 0 Å². The van der Waals surface area contributed by atoms with Gasteiger partial charge in [0.05, 0.1) is 0 Å². The number of hydrogen-bond donors (Lipinski definition) is 1. The number of halogens is 2. The van der Waals surface area contributed by atoms with E-state index in [1.807, 2.05) is 6.07 Å². The van der Waals surface area contributed by atoms with E-state index in [4.69, 9.17) is 23.2 Å². The van der Waals surface area contributed by atoms with Crippen LogP contribution in [0.15, 0.2) is 12.1 Å². The Bertz CT molecular complexity index is 392. The Morgan fingerprint density at radius 3 is 2.89 bits per heavy atom. The molecule has 5 heteroatoms. The minimum absolute atomic E-state index is 0.452. The van der Waals surface area contributed by atoms with Gasteiger partial charge in [-0.3, -0.25) is 4.90 Å². The first-order chi connectivity index (χ1) is 8.70. The molecule has 1 aromatic rings. The summed E-state index contributed by atoms with van der Waals surface area (Å²) in [6.07, 6.45) is 2.35. The molecule has 1 aliphatic rings. The topological polar surface area (TPSA) is 28.2 Å². The summed E-state index contributed by atoms with van der Waals surface area (Å²) in [6, 6.07) is 4.39. The van der Waals surface area contributed by atoms with Crippen molar-refractivity contribution in [2.75, 3.05) is 19.6 Å². The summed E-state index contributed by atoms with van der Waals surface area (Å²) in [4.78, 5) is 6.58. The van der Waals surface area contributed by atoms with Crippen LogP contribution in [0.2, 0.25) is 10.3 Å². The fraction of sp³-hybridized carbons (Fsp3) is 0.615. The molecule has 0 aromatic carbocycles. The number of nitrogens with one attached hydrogen (secondary N) is 1. The van der Waals surface area contributed by atoms with Crippen molar-refractivity contribution in [3.8, 4) is 0 Å². The Morgan fingerprint density at radius 1 is 1.44 bits per heavy atom. The largest absolute Gasteiger partial charge is 0.315 e. The summed E-state index contributed by atoms with van der Waals surface area (Å²) >= 11 is 12.0. The van der Waals surface area contributed by atoms with Gasteiger partial charge >= 0.3 is 0 Å². The van der Waals surface area contributed by atoms with E-state index in [9.17, 15) is 0 Å². The fourth-order valence-corrected chi connectivity index (χ4v) is 2.81. The minimum Gasteiger partial charge on any atom is -0.315 e. The first-order valence-electron chi connectivity index (χ1n) is 6.46. The molecule has 1 unspecified atom stereocenters. The van der Waals surface area contributed by atoms with Gasteiger partial charge in [0.1, 0.15) is 10.3 Å². The maximum Gasteiger partial charge on any atom is 0.135 e. The molecule has 0 amide bonds. The van der Waals surface area contributed by atoms with Gasteiger partial charge in [0.2, 0.25) is 0 Å². The Kier molecular flexibility index (Phi) is 5.25. The normalized spacial score (nSPS) is 19.7. The van der Waals surface area contributed by atoms with Crippen molar-refractivity contribution in [3.63, 3.8) is 0 Å². The molecule has 2 heterocycles. The molecule has 1 aliphatic heterocycles. The van der Waals surface area contributed by atoms with Gasteiger partial charge in [0.25, 0.3) is 0 Å². The van der Waals surface area contributed by atoms with Crippen LogP contribution in [0.4, 0.5) is 0 Å². The van der Waals surface area contributed by atoms with Crippen LogP contribution < -0.4 is 5.32 Å². The van der Waals surface area contributed by atoms with Crippen LogP contribution in [0.3, 0.4) is 0 Å². The lowest BCUT2D eigenvalue weighted by Crippen LogP contribution is -2.37. The summed E-state index contributed by atoms with van der Waals surface area (Å²) in [5.41, 5.74) is 1.06. The highest BCUT2D eigenvalue weighted by Gasteiger charge is 2.22. The van der Waals surface area contributed by atoms with Crippen LogP contribution >= 0.6 is 23.2 Å².